The Kier molecular flexibility index (Phi) is 6.01. The monoisotopic (exact) mass is 401 g/mol. The maximum absolute atomic E-state index is 14.5. The van der Waals surface area contributed by atoms with Gasteiger partial charge in [-0.2, -0.15) is 4.31 Å². The fourth-order valence-electron chi connectivity index (χ4n) is 3.31. The highest BCUT2D eigenvalue weighted by molar-refractivity contribution is 7.89. The zero-order valence-corrected chi connectivity index (χ0v) is 16.9. The van der Waals surface area contributed by atoms with Crippen LogP contribution in [-0.2, 0) is 14.8 Å². The Morgan fingerprint density at radius 1 is 1.21 bits per heavy atom. The van der Waals surface area contributed by atoms with Gasteiger partial charge >= 0.3 is 0 Å². The van der Waals surface area contributed by atoms with Crippen LogP contribution < -0.4 is 0 Å². The predicted molar refractivity (Wildman–Crippen MR) is 108 cm³/mol. The minimum Gasteiger partial charge on any atom is -0.494 e. The Hall–Kier alpha value is -2.44. The van der Waals surface area contributed by atoms with E-state index in [-0.39, 0.29) is 11.4 Å². The highest BCUT2D eigenvalue weighted by Crippen LogP contribution is 2.37. The topological polar surface area (TPSA) is 46.6 Å². The van der Waals surface area contributed by atoms with Crippen molar-refractivity contribution in [2.75, 3.05) is 13.2 Å². The minimum atomic E-state index is -3.85. The van der Waals surface area contributed by atoms with E-state index in [1.54, 1.807) is 42.5 Å². The Labute approximate surface area is 166 Å². The van der Waals surface area contributed by atoms with Gasteiger partial charge in [0.1, 0.15) is 11.6 Å². The molecular weight excluding hydrogens is 377 g/mol. The zero-order chi connectivity index (χ0) is 20.3. The van der Waals surface area contributed by atoms with Crippen LogP contribution in [0.3, 0.4) is 0 Å². The maximum atomic E-state index is 14.5. The Balaban J connectivity index is 2.06. The van der Waals surface area contributed by atoms with Crippen molar-refractivity contribution in [3.8, 4) is 0 Å². The number of benzene rings is 2. The molecule has 0 aromatic heterocycles. The van der Waals surface area contributed by atoms with Crippen LogP contribution in [0.5, 0.6) is 0 Å². The molecule has 1 unspecified atom stereocenters. The molecule has 0 amide bonds. The summed E-state index contributed by atoms with van der Waals surface area (Å²) in [5, 5.41) is 0. The largest absolute Gasteiger partial charge is 0.494 e. The third-order valence-electron chi connectivity index (χ3n) is 4.83. The summed E-state index contributed by atoms with van der Waals surface area (Å²) < 4.78 is 48.1. The number of hydrogen-bond donors (Lipinski definition) is 0. The summed E-state index contributed by atoms with van der Waals surface area (Å²) in [6.07, 6.45) is 2.23. The molecule has 1 aliphatic rings. The van der Waals surface area contributed by atoms with Crippen LogP contribution in [-0.4, -0.2) is 25.9 Å². The second-order valence-electron chi connectivity index (χ2n) is 6.72. The van der Waals surface area contributed by atoms with Crippen molar-refractivity contribution in [2.24, 2.45) is 0 Å². The van der Waals surface area contributed by atoms with Gasteiger partial charge in [0.05, 0.1) is 17.5 Å². The van der Waals surface area contributed by atoms with Crippen LogP contribution in [0.4, 0.5) is 4.39 Å². The first kappa shape index (κ1) is 20.3. The van der Waals surface area contributed by atoms with Gasteiger partial charge in [0.25, 0.3) is 0 Å². The fraction of sp³-hybridized carbons (Fsp3) is 0.273. The number of nitrogens with zero attached hydrogens (tertiary/aromatic N) is 1. The summed E-state index contributed by atoms with van der Waals surface area (Å²) >= 11 is 0. The smallest absolute Gasteiger partial charge is 0.243 e. The lowest BCUT2D eigenvalue weighted by molar-refractivity contribution is 0.228. The SMILES string of the molecule is C=C(OCC)C1=CCC(c2ccccc2F)N(S(=O)(=O)c2ccc(C)cc2)C1. The molecule has 148 valence electrons. The van der Waals surface area contributed by atoms with Crippen molar-refractivity contribution in [3.63, 3.8) is 0 Å². The number of hydrogen-bond acceptors (Lipinski definition) is 3. The molecule has 3 rings (SSSR count). The minimum absolute atomic E-state index is 0.0774. The molecular formula is C22H24FNO3S. The summed E-state index contributed by atoms with van der Waals surface area (Å²) in [7, 11) is -3.85. The van der Waals surface area contributed by atoms with Gasteiger partial charge in [-0.1, -0.05) is 48.6 Å². The van der Waals surface area contributed by atoms with Crippen LogP contribution in [0.15, 0.2) is 77.4 Å². The van der Waals surface area contributed by atoms with Gasteiger partial charge in [0.15, 0.2) is 0 Å². The van der Waals surface area contributed by atoms with Crippen molar-refractivity contribution in [1.82, 2.24) is 4.31 Å². The molecule has 1 heterocycles. The van der Waals surface area contributed by atoms with E-state index in [0.717, 1.165) is 5.56 Å². The number of halogens is 1. The molecule has 1 atom stereocenters. The molecule has 0 saturated heterocycles. The molecule has 2 aromatic carbocycles. The molecule has 0 aliphatic carbocycles. The number of aryl methyl sites for hydroxylation is 1. The van der Waals surface area contributed by atoms with Crippen LogP contribution in [0.25, 0.3) is 0 Å². The first-order chi connectivity index (χ1) is 13.3. The summed E-state index contributed by atoms with van der Waals surface area (Å²) in [5.41, 5.74) is 2.02. The standard InChI is InChI=1S/C22H24FNO3S/c1-4-27-17(3)18-11-14-22(20-7-5-6-8-21(20)23)24(15-18)28(25,26)19-12-9-16(2)10-13-19/h5-13,22H,3-4,14-15H2,1-2H3. The molecule has 0 bridgehead atoms. The highest BCUT2D eigenvalue weighted by atomic mass is 32.2. The highest BCUT2D eigenvalue weighted by Gasteiger charge is 2.36. The van der Waals surface area contributed by atoms with E-state index in [2.05, 4.69) is 6.58 Å². The van der Waals surface area contributed by atoms with E-state index in [1.807, 2.05) is 19.9 Å². The van der Waals surface area contributed by atoms with Crippen molar-refractivity contribution < 1.29 is 17.5 Å². The molecule has 6 heteroatoms. The van der Waals surface area contributed by atoms with Gasteiger partial charge in [-0.15, -0.1) is 0 Å². The van der Waals surface area contributed by atoms with Gasteiger partial charge in [0.2, 0.25) is 10.0 Å². The average molecular weight is 402 g/mol. The Morgan fingerprint density at radius 2 is 1.89 bits per heavy atom. The average Bonchev–Trinajstić information content (AvgIpc) is 2.68. The first-order valence-corrected chi connectivity index (χ1v) is 10.6. The van der Waals surface area contributed by atoms with E-state index in [0.29, 0.717) is 29.9 Å². The molecule has 1 aliphatic heterocycles. The lowest BCUT2D eigenvalue weighted by Crippen LogP contribution is -2.39. The molecule has 28 heavy (non-hydrogen) atoms. The van der Waals surface area contributed by atoms with Crippen LogP contribution in [0.2, 0.25) is 0 Å². The van der Waals surface area contributed by atoms with E-state index >= 15 is 0 Å². The number of sulfonamides is 1. The van der Waals surface area contributed by atoms with Gasteiger partial charge in [-0.05, 0) is 38.5 Å². The molecule has 0 radical (unpaired) electrons. The molecule has 4 nitrogen and oxygen atoms in total. The summed E-state index contributed by atoms with van der Waals surface area (Å²) in [5.74, 6) is 0.0238. The Morgan fingerprint density at radius 3 is 2.54 bits per heavy atom. The molecule has 0 spiro atoms. The van der Waals surface area contributed by atoms with E-state index in [9.17, 15) is 12.8 Å². The van der Waals surface area contributed by atoms with Gasteiger partial charge < -0.3 is 4.74 Å². The molecule has 2 aromatic rings. The molecule has 0 fully saturated rings. The van der Waals surface area contributed by atoms with Gasteiger partial charge in [0, 0.05) is 17.7 Å². The maximum Gasteiger partial charge on any atom is 0.243 e. The number of ether oxygens (including phenoxy) is 1. The third kappa shape index (κ3) is 4.03. The summed E-state index contributed by atoms with van der Waals surface area (Å²) in [6.45, 7) is 8.16. The summed E-state index contributed by atoms with van der Waals surface area (Å²) in [4.78, 5) is 0.183. The van der Waals surface area contributed by atoms with Crippen molar-refractivity contribution in [2.45, 2.75) is 31.2 Å². The van der Waals surface area contributed by atoms with Crippen LogP contribution in [0.1, 0.15) is 30.5 Å². The second kappa shape index (κ2) is 8.29. The number of rotatable bonds is 6. The van der Waals surface area contributed by atoms with Gasteiger partial charge in [-0.3, -0.25) is 0 Å². The van der Waals surface area contributed by atoms with Gasteiger partial charge in [-0.25, -0.2) is 12.8 Å². The first-order valence-electron chi connectivity index (χ1n) is 9.18. The van der Waals surface area contributed by atoms with Crippen molar-refractivity contribution in [3.05, 3.63) is 89.5 Å². The van der Waals surface area contributed by atoms with E-state index in [1.165, 1.54) is 10.4 Å². The molecule has 0 N–H and O–H groups in total. The van der Waals surface area contributed by atoms with Crippen LogP contribution >= 0.6 is 0 Å². The van der Waals surface area contributed by atoms with Crippen LogP contribution in [0, 0.1) is 12.7 Å². The molecule has 0 saturated carbocycles. The fourth-order valence-corrected chi connectivity index (χ4v) is 4.90. The Bertz CT molecular complexity index is 997. The van der Waals surface area contributed by atoms with Crippen molar-refractivity contribution >= 4 is 10.0 Å². The predicted octanol–water partition coefficient (Wildman–Crippen LogP) is 4.75. The lowest BCUT2D eigenvalue weighted by atomic mass is 9.97. The zero-order valence-electron chi connectivity index (χ0n) is 16.1. The summed E-state index contributed by atoms with van der Waals surface area (Å²) in [6, 6.07) is 12.3. The second-order valence-corrected chi connectivity index (χ2v) is 8.61. The van der Waals surface area contributed by atoms with E-state index in [4.69, 9.17) is 4.74 Å². The normalized spacial score (nSPS) is 17.8. The van der Waals surface area contributed by atoms with E-state index < -0.39 is 21.9 Å². The quantitative estimate of drug-likeness (QED) is 0.657. The van der Waals surface area contributed by atoms with Crippen molar-refractivity contribution in [1.29, 1.82) is 0 Å². The third-order valence-corrected chi connectivity index (χ3v) is 6.70. The lowest BCUT2D eigenvalue weighted by Gasteiger charge is -2.35.